The Hall–Kier alpha value is -0.610. The van der Waals surface area contributed by atoms with E-state index < -0.39 is 0 Å². The van der Waals surface area contributed by atoms with Crippen LogP contribution in [0.2, 0.25) is 0 Å². The first-order valence-corrected chi connectivity index (χ1v) is 7.48. The van der Waals surface area contributed by atoms with Gasteiger partial charge in [-0.3, -0.25) is 4.79 Å². The SMILES string of the molecule is CCN(CC)CCCCNC(=O)C1CCCNC1. The van der Waals surface area contributed by atoms with Crippen molar-refractivity contribution in [2.45, 2.75) is 39.5 Å². The number of rotatable bonds is 8. The van der Waals surface area contributed by atoms with Crippen molar-refractivity contribution in [1.82, 2.24) is 15.5 Å². The van der Waals surface area contributed by atoms with E-state index in [0.717, 1.165) is 58.5 Å². The Labute approximate surface area is 111 Å². The summed E-state index contributed by atoms with van der Waals surface area (Å²) in [5.41, 5.74) is 0. The lowest BCUT2D eigenvalue weighted by atomic mass is 9.99. The average molecular weight is 255 g/mol. The molecular formula is C14H29N3O. The predicted octanol–water partition coefficient (Wildman–Crippen LogP) is 1.22. The van der Waals surface area contributed by atoms with Crippen LogP contribution >= 0.6 is 0 Å². The van der Waals surface area contributed by atoms with Crippen LogP contribution < -0.4 is 10.6 Å². The van der Waals surface area contributed by atoms with Crippen molar-refractivity contribution in [2.75, 3.05) is 39.3 Å². The van der Waals surface area contributed by atoms with E-state index in [4.69, 9.17) is 0 Å². The minimum absolute atomic E-state index is 0.196. The Morgan fingerprint density at radius 3 is 2.72 bits per heavy atom. The van der Waals surface area contributed by atoms with Crippen LogP contribution in [0.1, 0.15) is 39.5 Å². The summed E-state index contributed by atoms with van der Waals surface area (Å²) in [5.74, 6) is 0.437. The molecule has 106 valence electrons. The predicted molar refractivity (Wildman–Crippen MR) is 75.6 cm³/mol. The molecule has 0 aromatic carbocycles. The van der Waals surface area contributed by atoms with E-state index in [1.54, 1.807) is 0 Å². The molecule has 0 aromatic rings. The van der Waals surface area contributed by atoms with Crippen molar-refractivity contribution in [3.05, 3.63) is 0 Å². The van der Waals surface area contributed by atoms with Crippen LogP contribution in [0.3, 0.4) is 0 Å². The maximum absolute atomic E-state index is 11.8. The van der Waals surface area contributed by atoms with E-state index in [9.17, 15) is 4.79 Å². The molecule has 1 aliphatic rings. The Bertz CT molecular complexity index is 223. The molecule has 1 atom stereocenters. The van der Waals surface area contributed by atoms with Gasteiger partial charge in [-0.2, -0.15) is 0 Å². The summed E-state index contributed by atoms with van der Waals surface area (Å²) in [6.45, 7) is 10.5. The van der Waals surface area contributed by atoms with Crippen molar-refractivity contribution in [3.63, 3.8) is 0 Å². The van der Waals surface area contributed by atoms with Gasteiger partial charge in [-0.25, -0.2) is 0 Å². The minimum atomic E-state index is 0.196. The molecule has 2 N–H and O–H groups in total. The monoisotopic (exact) mass is 255 g/mol. The van der Waals surface area contributed by atoms with Gasteiger partial charge in [0, 0.05) is 13.1 Å². The van der Waals surface area contributed by atoms with Gasteiger partial charge < -0.3 is 15.5 Å². The quantitative estimate of drug-likeness (QED) is 0.641. The van der Waals surface area contributed by atoms with Gasteiger partial charge in [-0.05, 0) is 51.9 Å². The van der Waals surface area contributed by atoms with Crippen molar-refractivity contribution in [1.29, 1.82) is 0 Å². The molecule has 1 heterocycles. The standard InChI is InChI=1S/C14H29N3O/c1-3-17(4-2)11-6-5-10-16-14(18)13-8-7-9-15-12-13/h13,15H,3-12H2,1-2H3,(H,16,18). The second kappa shape index (κ2) is 9.34. The maximum Gasteiger partial charge on any atom is 0.224 e. The third kappa shape index (κ3) is 5.83. The van der Waals surface area contributed by atoms with Gasteiger partial charge in [0.2, 0.25) is 5.91 Å². The number of hydrogen-bond donors (Lipinski definition) is 2. The van der Waals surface area contributed by atoms with Crippen molar-refractivity contribution >= 4 is 5.91 Å². The van der Waals surface area contributed by atoms with Gasteiger partial charge in [0.1, 0.15) is 0 Å². The highest BCUT2D eigenvalue weighted by molar-refractivity contribution is 5.78. The molecule has 0 bridgehead atoms. The largest absolute Gasteiger partial charge is 0.356 e. The molecule has 0 radical (unpaired) electrons. The molecule has 0 saturated carbocycles. The molecule has 1 fully saturated rings. The third-order valence-electron chi connectivity index (χ3n) is 3.76. The minimum Gasteiger partial charge on any atom is -0.356 e. The van der Waals surface area contributed by atoms with E-state index in [-0.39, 0.29) is 11.8 Å². The number of amides is 1. The van der Waals surface area contributed by atoms with Crippen LogP contribution in [0.15, 0.2) is 0 Å². The zero-order valence-corrected chi connectivity index (χ0v) is 12.0. The van der Waals surface area contributed by atoms with Gasteiger partial charge in [0.15, 0.2) is 0 Å². The summed E-state index contributed by atoms with van der Waals surface area (Å²) < 4.78 is 0. The van der Waals surface area contributed by atoms with Gasteiger partial charge in [-0.15, -0.1) is 0 Å². The number of carbonyl (C=O) groups excluding carboxylic acids is 1. The summed E-state index contributed by atoms with van der Waals surface area (Å²) in [4.78, 5) is 14.3. The van der Waals surface area contributed by atoms with Crippen molar-refractivity contribution in [3.8, 4) is 0 Å². The van der Waals surface area contributed by atoms with Gasteiger partial charge in [0.05, 0.1) is 5.92 Å². The molecular weight excluding hydrogens is 226 g/mol. The number of piperidine rings is 1. The van der Waals surface area contributed by atoms with E-state index in [0.29, 0.717) is 0 Å². The molecule has 18 heavy (non-hydrogen) atoms. The maximum atomic E-state index is 11.8. The molecule has 1 rings (SSSR count). The smallest absolute Gasteiger partial charge is 0.224 e. The van der Waals surface area contributed by atoms with Gasteiger partial charge in [0.25, 0.3) is 0 Å². The summed E-state index contributed by atoms with van der Waals surface area (Å²) in [6, 6.07) is 0. The lowest BCUT2D eigenvalue weighted by molar-refractivity contribution is -0.125. The van der Waals surface area contributed by atoms with E-state index in [1.165, 1.54) is 6.42 Å². The first kappa shape index (κ1) is 15.4. The van der Waals surface area contributed by atoms with Crippen LogP contribution in [0.5, 0.6) is 0 Å². The Morgan fingerprint density at radius 1 is 1.33 bits per heavy atom. The fourth-order valence-corrected chi connectivity index (χ4v) is 2.43. The highest BCUT2D eigenvalue weighted by Gasteiger charge is 2.19. The first-order chi connectivity index (χ1) is 8.77. The topological polar surface area (TPSA) is 44.4 Å². The first-order valence-electron chi connectivity index (χ1n) is 7.48. The summed E-state index contributed by atoms with van der Waals surface area (Å²) in [7, 11) is 0. The Balaban J connectivity index is 2.01. The van der Waals surface area contributed by atoms with Crippen LogP contribution in [0.25, 0.3) is 0 Å². The average Bonchev–Trinajstić information content (AvgIpc) is 2.43. The lowest BCUT2D eigenvalue weighted by Crippen LogP contribution is -2.40. The fourth-order valence-electron chi connectivity index (χ4n) is 2.43. The van der Waals surface area contributed by atoms with Crippen LogP contribution in [0, 0.1) is 5.92 Å². The molecule has 1 unspecified atom stereocenters. The second-order valence-corrected chi connectivity index (χ2v) is 5.07. The van der Waals surface area contributed by atoms with E-state index in [2.05, 4.69) is 29.4 Å². The summed E-state index contributed by atoms with van der Waals surface area (Å²) in [6.07, 6.45) is 4.42. The van der Waals surface area contributed by atoms with Gasteiger partial charge in [-0.1, -0.05) is 13.8 Å². The molecule has 4 heteroatoms. The molecule has 1 saturated heterocycles. The molecule has 1 aliphatic heterocycles. The van der Waals surface area contributed by atoms with Crippen molar-refractivity contribution in [2.24, 2.45) is 5.92 Å². The summed E-state index contributed by atoms with van der Waals surface area (Å²) >= 11 is 0. The Morgan fingerprint density at radius 2 is 2.11 bits per heavy atom. The highest BCUT2D eigenvalue weighted by atomic mass is 16.1. The molecule has 0 spiro atoms. The molecule has 1 amide bonds. The zero-order valence-electron chi connectivity index (χ0n) is 12.0. The molecule has 0 aliphatic carbocycles. The van der Waals surface area contributed by atoms with Crippen LogP contribution in [0.4, 0.5) is 0 Å². The summed E-state index contributed by atoms with van der Waals surface area (Å²) in [5, 5.41) is 6.34. The number of nitrogens with zero attached hydrogens (tertiary/aromatic N) is 1. The second-order valence-electron chi connectivity index (χ2n) is 5.07. The number of nitrogens with one attached hydrogen (secondary N) is 2. The normalized spacial score (nSPS) is 20.1. The van der Waals surface area contributed by atoms with Crippen LogP contribution in [-0.2, 0) is 4.79 Å². The molecule has 4 nitrogen and oxygen atoms in total. The third-order valence-corrected chi connectivity index (χ3v) is 3.76. The highest BCUT2D eigenvalue weighted by Crippen LogP contribution is 2.09. The van der Waals surface area contributed by atoms with Crippen LogP contribution in [-0.4, -0.2) is 50.1 Å². The number of hydrogen-bond acceptors (Lipinski definition) is 3. The Kier molecular flexibility index (Phi) is 8.01. The lowest BCUT2D eigenvalue weighted by Gasteiger charge is -2.22. The van der Waals surface area contributed by atoms with E-state index >= 15 is 0 Å². The van der Waals surface area contributed by atoms with E-state index in [1.807, 2.05) is 0 Å². The molecule has 0 aromatic heterocycles. The zero-order chi connectivity index (χ0) is 13.2. The van der Waals surface area contributed by atoms with Gasteiger partial charge >= 0.3 is 0 Å². The number of carbonyl (C=O) groups is 1. The van der Waals surface area contributed by atoms with Crippen molar-refractivity contribution < 1.29 is 4.79 Å². The number of unbranched alkanes of at least 4 members (excludes halogenated alkanes) is 1. The fraction of sp³-hybridized carbons (Fsp3) is 0.929.